The van der Waals surface area contributed by atoms with Crippen molar-refractivity contribution in [2.75, 3.05) is 29.4 Å². The van der Waals surface area contributed by atoms with E-state index in [1.54, 1.807) is 11.3 Å². The standard InChI is InChI=1S/C21H20N4OS2/c22-20-19(21-23-16(13-28-21)18-4-3-11-27-18)17(26)12-25(20)15-7-5-14(6-8-15)24-9-1-2-10-24/h3-8,11,13,22,26H,1-2,9-10,12H2. The number of anilines is 2. The van der Waals surface area contributed by atoms with Crippen molar-refractivity contribution < 1.29 is 5.11 Å². The molecule has 0 bridgehead atoms. The smallest absolute Gasteiger partial charge is 0.139 e. The van der Waals surface area contributed by atoms with Crippen LogP contribution in [0.4, 0.5) is 11.4 Å². The van der Waals surface area contributed by atoms with Crippen LogP contribution in [0.15, 0.2) is 52.9 Å². The first-order chi connectivity index (χ1) is 13.7. The van der Waals surface area contributed by atoms with Gasteiger partial charge in [0.2, 0.25) is 0 Å². The average Bonchev–Trinajstić information content (AvgIpc) is 3.49. The zero-order valence-corrected chi connectivity index (χ0v) is 16.9. The summed E-state index contributed by atoms with van der Waals surface area (Å²) in [6, 6.07) is 12.3. The molecule has 2 aliphatic rings. The summed E-state index contributed by atoms with van der Waals surface area (Å²) in [5.41, 5.74) is 3.59. The van der Waals surface area contributed by atoms with E-state index in [-0.39, 0.29) is 5.76 Å². The quantitative estimate of drug-likeness (QED) is 0.620. The third-order valence-electron chi connectivity index (χ3n) is 5.23. The number of nitrogens with zero attached hydrogens (tertiary/aromatic N) is 3. The summed E-state index contributed by atoms with van der Waals surface area (Å²) >= 11 is 3.11. The Morgan fingerprint density at radius 3 is 2.46 bits per heavy atom. The zero-order valence-electron chi connectivity index (χ0n) is 15.3. The first-order valence-electron chi connectivity index (χ1n) is 9.34. The van der Waals surface area contributed by atoms with Crippen LogP contribution < -0.4 is 9.80 Å². The van der Waals surface area contributed by atoms with Gasteiger partial charge in [0.1, 0.15) is 16.6 Å². The number of aliphatic hydroxyl groups is 1. The molecule has 28 heavy (non-hydrogen) atoms. The highest BCUT2D eigenvalue weighted by molar-refractivity contribution is 7.14. The van der Waals surface area contributed by atoms with Crippen molar-refractivity contribution in [2.45, 2.75) is 12.8 Å². The van der Waals surface area contributed by atoms with E-state index in [2.05, 4.69) is 22.0 Å². The molecular weight excluding hydrogens is 388 g/mol. The second-order valence-corrected chi connectivity index (χ2v) is 8.79. The highest BCUT2D eigenvalue weighted by atomic mass is 32.1. The maximum Gasteiger partial charge on any atom is 0.139 e. The van der Waals surface area contributed by atoms with Crippen LogP contribution in [0.5, 0.6) is 0 Å². The third-order valence-corrected chi connectivity index (χ3v) is 6.98. The average molecular weight is 409 g/mol. The Morgan fingerprint density at radius 1 is 1.00 bits per heavy atom. The van der Waals surface area contributed by atoms with Gasteiger partial charge in [-0.25, -0.2) is 4.98 Å². The molecule has 0 unspecified atom stereocenters. The Bertz CT molecular complexity index is 1030. The van der Waals surface area contributed by atoms with Crippen molar-refractivity contribution in [2.24, 2.45) is 0 Å². The molecule has 2 aliphatic heterocycles. The second kappa shape index (κ2) is 7.07. The minimum Gasteiger partial charge on any atom is -0.510 e. The van der Waals surface area contributed by atoms with Crippen LogP contribution in [0.2, 0.25) is 0 Å². The number of thiophene rings is 1. The van der Waals surface area contributed by atoms with Crippen LogP contribution in [0.1, 0.15) is 17.8 Å². The predicted molar refractivity (Wildman–Crippen MR) is 118 cm³/mol. The topological polar surface area (TPSA) is 63.5 Å². The largest absolute Gasteiger partial charge is 0.510 e. The Kier molecular flexibility index (Phi) is 4.41. The maximum absolute atomic E-state index is 10.6. The minimum absolute atomic E-state index is 0.209. The van der Waals surface area contributed by atoms with E-state index < -0.39 is 0 Å². The van der Waals surface area contributed by atoms with Crippen molar-refractivity contribution in [3.63, 3.8) is 0 Å². The normalized spacial score (nSPS) is 17.2. The molecule has 1 aromatic carbocycles. The van der Waals surface area contributed by atoms with Crippen LogP contribution in [-0.4, -0.2) is 35.6 Å². The molecule has 4 heterocycles. The van der Waals surface area contributed by atoms with Crippen molar-refractivity contribution >= 4 is 45.5 Å². The van der Waals surface area contributed by atoms with E-state index in [4.69, 9.17) is 5.41 Å². The predicted octanol–water partition coefficient (Wildman–Crippen LogP) is 5.24. The van der Waals surface area contributed by atoms with Crippen molar-refractivity contribution in [3.05, 3.63) is 57.9 Å². The van der Waals surface area contributed by atoms with E-state index in [9.17, 15) is 5.11 Å². The molecule has 0 spiro atoms. The van der Waals surface area contributed by atoms with Gasteiger partial charge < -0.3 is 14.9 Å². The van der Waals surface area contributed by atoms with Crippen molar-refractivity contribution in [3.8, 4) is 10.6 Å². The van der Waals surface area contributed by atoms with Crippen LogP contribution >= 0.6 is 22.7 Å². The number of aliphatic hydroxyl groups excluding tert-OH is 1. The molecule has 0 atom stereocenters. The van der Waals surface area contributed by atoms with Gasteiger partial charge in [-0.1, -0.05) is 6.07 Å². The van der Waals surface area contributed by atoms with Crippen molar-refractivity contribution in [1.82, 2.24) is 4.98 Å². The van der Waals surface area contributed by atoms with Gasteiger partial charge in [0.15, 0.2) is 0 Å². The highest BCUT2D eigenvalue weighted by Gasteiger charge is 2.31. The van der Waals surface area contributed by atoms with Gasteiger partial charge in [0.05, 0.1) is 22.7 Å². The summed E-state index contributed by atoms with van der Waals surface area (Å²) in [5.74, 6) is 0.513. The van der Waals surface area contributed by atoms with E-state index in [0.717, 1.165) is 29.3 Å². The van der Waals surface area contributed by atoms with Crippen molar-refractivity contribution in [1.29, 1.82) is 5.41 Å². The van der Waals surface area contributed by atoms with Gasteiger partial charge in [-0.3, -0.25) is 5.41 Å². The first-order valence-corrected chi connectivity index (χ1v) is 11.1. The van der Waals surface area contributed by atoms with Gasteiger partial charge in [-0.2, -0.15) is 0 Å². The Balaban J connectivity index is 1.38. The second-order valence-electron chi connectivity index (χ2n) is 6.98. The molecule has 0 radical (unpaired) electrons. The van der Waals surface area contributed by atoms with E-state index in [1.165, 1.54) is 29.9 Å². The Hall–Kier alpha value is -2.64. The fraction of sp³-hybridized carbons (Fsp3) is 0.238. The van der Waals surface area contributed by atoms with Gasteiger partial charge in [0, 0.05) is 29.8 Å². The van der Waals surface area contributed by atoms with Gasteiger partial charge >= 0.3 is 0 Å². The fourth-order valence-corrected chi connectivity index (χ4v) is 5.42. The summed E-state index contributed by atoms with van der Waals surface area (Å²) in [5, 5.41) is 23.9. The molecule has 5 rings (SSSR count). The molecule has 2 N–H and O–H groups in total. The molecular formula is C21H20N4OS2. The first kappa shape index (κ1) is 17.5. The molecule has 0 aliphatic carbocycles. The molecule has 7 heteroatoms. The zero-order chi connectivity index (χ0) is 19.1. The summed E-state index contributed by atoms with van der Waals surface area (Å²) in [6.45, 7) is 2.54. The summed E-state index contributed by atoms with van der Waals surface area (Å²) in [7, 11) is 0. The van der Waals surface area contributed by atoms with Gasteiger partial charge in [0.25, 0.3) is 0 Å². The third kappa shape index (κ3) is 3.00. The number of hydrogen-bond acceptors (Lipinski definition) is 6. The van der Waals surface area contributed by atoms with E-state index in [1.807, 2.05) is 39.9 Å². The SMILES string of the molecule is N=C1C(c2nc(-c3cccs3)cs2)=C(O)CN1c1ccc(N2CCCC2)cc1. The number of nitrogens with one attached hydrogen (secondary N) is 1. The fourth-order valence-electron chi connectivity index (χ4n) is 3.77. The summed E-state index contributed by atoms with van der Waals surface area (Å²) in [6.07, 6.45) is 2.50. The number of aromatic nitrogens is 1. The molecule has 2 aromatic heterocycles. The minimum atomic E-state index is 0.209. The molecule has 3 aromatic rings. The molecule has 0 saturated carbocycles. The Morgan fingerprint density at radius 2 is 1.75 bits per heavy atom. The highest BCUT2D eigenvalue weighted by Crippen LogP contribution is 2.35. The number of rotatable bonds is 4. The lowest BCUT2D eigenvalue weighted by Gasteiger charge is -2.21. The van der Waals surface area contributed by atoms with Crippen LogP contribution in [-0.2, 0) is 0 Å². The molecule has 1 fully saturated rings. The lowest BCUT2D eigenvalue weighted by Crippen LogP contribution is -2.26. The van der Waals surface area contributed by atoms with Gasteiger partial charge in [-0.15, -0.1) is 22.7 Å². The molecule has 1 saturated heterocycles. The lowest BCUT2D eigenvalue weighted by molar-refractivity contribution is 0.411. The molecule has 5 nitrogen and oxygen atoms in total. The number of benzene rings is 1. The summed E-state index contributed by atoms with van der Waals surface area (Å²) in [4.78, 5) is 9.99. The number of amidine groups is 1. The lowest BCUT2D eigenvalue weighted by atomic mass is 10.2. The number of hydrogen-bond donors (Lipinski definition) is 2. The van der Waals surface area contributed by atoms with Crippen LogP contribution in [0, 0.1) is 5.41 Å². The maximum atomic E-state index is 10.6. The number of thiazole rings is 1. The molecule has 142 valence electrons. The van der Waals surface area contributed by atoms with E-state index >= 15 is 0 Å². The van der Waals surface area contributed by atoms with Crippen LogP contribution in [0.3, 0.4) is 0 Å². The van der Waals surface area contributed by atoms with Crippen LogP contribution in [0.25, 0.3) is 16.1 Å². The molecule has 0 amide bonds. The summed E-state index contributed by atoms with van der Waals surface area (Å²) < 4.78 is 0. The monoisotopic (exact) mass is 408 g/mol. The van der Waals surface area contributed by atoms with E-state index in [0.29, 0.717) is 23.0 Å². The van der Waals surface area contributed by atoms with Gasteiger partial charge in [-0.05, 0) is 48.6 Å². The Labute approximate surface area is 171 Å².